The second-order valence-electron chi connectivity index (χ2n) is 4.65. The number of carbonyl (C=O) groups is 2. The quantitative estimate of drug-likeness (QED) is 0.204. The Morgan fingerprint density at radius 3 is 2.35 bits per heavy atom. The van der Waals surface area contributed by atoms with Gasteiger partial charge in [-0.05, 0) is 18.6 Å². The van der Waals surface area contributed by atoms with Crippen LogP contribution in [0, 0.1) is 0 Å². The normalized spacial score (nSPS) is 10.8. The first kappa shape index (κ1) is 19.8. The minimum atomic E-state index is -0.806. The van der Waals surface area contributed by atoms with Gasteiger partial charge in [0.2, 0.25) is 0 Å². The maximum absolute atomic E-state index is 11.7. The van der Waals surface area contributed by atoms with Crippen LogP contribution >= 0.6 is 34.8 Å². The fraction of sp³-hybridized carbons (Fsp3) is 0.375. The minimum Gasteiger partial charge on any atom is -0.463 e. The van der Waals surface area contributed by atoms with Crippen LogP contribution in [0.25, 0.3) is 0 Å². The van der Waals surface area contributed by atoms with Crippen molar-refractivity contribution in [1.29, 1.82) is 0 Å². The van der Waals surface area contributed by atoms with Gasteiger partial charge in [0.15, 0.2) is 5.75 Å². The van der Waals surface area contributed by atoms with E-state index in [1.807, 2.05) is 0 Å². The van der Waals surface area contributed by atoms with Crippen molar-refractivity contribution in [3.8, 4) is 5.75 Å². The molecule has 0 aliphatic heterocycles. The molecule has 0 unspecified atom stereocenters. The third kappa shape index (κ3) is 7.25. The Bertz CT molecular complexity index is 585. The summed E-state index contributed by atoms with van der Waals surface area (Å²) in [6, 6.07) is 2.93. The fourth-order valence-electron chi connectivity index (χ4n) is 1.62. The molecule has 7 heteroatoms. The summed E-state index contributed by atoms with van der Waals surface area (Å²) < 4.78 is 9.93. The molecule has 1 rings (SSSR count). The maximum atomic E-state index is 11.7. The first-order valence-corrected chi connectivity index (χ1v) is 8.29. The molecule has 0 fully saturated rings. The number of benzene rings is 1. The van der Waals surface area contributed by atoms with Crippen molar-refractivity contribution < 1.29 is 19.1 Å². The smallest absolute Gasteiger partial charge is 0.336 e. The molecule has 0 saturated carbocycles. The lowest BCUT2D eigenvalue weighted by Crippen LogP contribution is -2.08. The van der Waals surface area contributed by atoms with E-state index < -0.39 is 11.9 Å². The number of carbonyl (C=O) groups excluding carboxylic acids is 2. The van der Waals surface area contributed by atoms with E-state index in [1.165, 1.54) is 12.1 Å². The number of esters is 2. The minimum absolute atomic E-state index is 0.0272. The van der Waals surface area contributed by atoms with Crippen LogP contribution in [0.3, 0.4) is 0 Å². The number of hydrogen-bond acceptors (Lipinski definition) is 4. The van der Waals surface area contributed by atoms with Crippen LogP contribution < -0.4 is 4.74 Å². The molecule has 0 saturated heterocycles. The van der Waals surface area contributed by atoms with E-state index in [1.54, 1.807) is 0 Å². The molecule has 0 spiro atoms. The Hall–Kier alpha value is -1.23. The zero-order valence-corrected chi connectivity index (χ0v) is 14.9. The van der Waals surface area contributed by atoms with Crippen molar-refractivity contribution >= 4 is 46.7 Å². The van der Waals surface area contributed by atoms with Crippen LogP contribution in [0.15, 0.2) is 24.3 Å². The fourth-order valence-corrected chi connectivity index (χ4v) is 2.22. The lowest BCUT2D eigenvalue weighted by atomic mass is 10.2. The summed E-state index contributed by atoms with van der Waals surface area (Å²) in [5, 5.41) is 0.369. The average molecular weight is 380 g/mol. The van der Waals surface area contributed by atoms with Gasteiger partial charge in [-0.2, -0.15) is 0 Å². The molecule has 126 valence electrons. The Labute approximate surface area is 150 Å². The highest BCUT2D eigenvalue weighted by molar-refractivity contribution is 6.44. The highest BCUT2D eigenvalue weighted by Gasteiger charge is 2.14. The zero-order valence-electron chi connectivity index (χ0n) is 12.6. The van der Waals surface area contributed by atoms with Gasteiger partial charge >= 0.3 is 11.9 Å². The second-order valence-corrected chi connectivity index (χ2v) is 5.85. The van der Waals surface area contributed by atoms with Gasteiger partial charge in [-0.25, -0.2) is 9.59 Å². The Morgan fingerprint density at radius 1 is 1.00 bits per heavy atom. The number of ether oxygens (including phenoxy) is 2. The molecule has 0 N–H and O–H groups in total. The summed E-state index contributed by atoms with van der Waals surface area (Å²) in [7, 11) is 0. The molecule has 0 atom stereocenters. The number of rotatable bonds is 8. The van der Waals surface area contributed by atoms with Gasteiger partial charge in [0.05, 0.1) is 16.7 Å². The van der Waals surface area contributed by atoms with Crippen molar-refractivity contribution in [3.05, 3.63) is 39.4 Å². The third-order valence-electron chi connectivity index (χ3n) is 2.80. The number of halogens is 3. The van der Waals surface area contributed by atoms with Crippen LogP contribution in [0.1, 0.15) is 32.6 Å². The van der Waals surface area contributed by atoms with Crippen molar-refractivity contribution in [1.82, 2.24) is 0 Å². The molecule has 0 aliphatic rings. The molecule has 0 radical (unpaired) electrons. The maximum Gasteiger partial charge on any atom is 0.336 e. The molecule has 0 aromatic heterocycles. The van der Waals surface area contributed by atoms with Crippen LogP contribution in [0.5, 0.6) is 5.75 Å². The van der Waals surface area contributed by atoms with E-state index in [4.69, 9.17) is 44.3 Å². The SMILES string of the molecule is CCCCCCOC(=O)/C=C/C(=O)Oc1c(Cl)ccc(Cl)c1Cl. The standard InChI is InChI=1S/C16H17Cl3O4/c1-2-3-4-5-10-22-13(20)8-9-14(21)23-16-12(18)7-6-11(17)15(16)19/h6-9H,2-5,10H2,1H3/b9-8+. The van der Waals surface area contributed by atoms with Crippen molar-refractivity contribution in [3.63, 3.8) is 0 Å². The summed E-state index contributed by atoms with van der Waals surface area (Å²) in [5.74, 6) is -1.47. The van der Waals surface area contributed by atoms with E-state index in [0.29, 0.717) is 6.61 Å². The molecular formula is C16H17Cl3O4. The van der Waals surface area contributed by atoms with Gasteiger partial charge in [-0.3, -0.25) is 0 Å². The molecular weight excluding hydrogens is 363 g/mol. The molecule has 0 heterocycles. The predicted octanol–water partition coefficient (Wildman–Crippen LogP) is 5.23. The van der Waals surface area contributed by atoms with Crippen LogP contribution in [-0.4, -0.2) is 18.5 Å². The molecule has 1 aromatic rings. The van der Waals surface area contributed by atoms with E-state index >= 15 is 0 Å². The summed E-state index contributed by atoms with van der Waals surface area (Å²) >= 11 is 17.6. The van der Waals surface area contributed by atoms with Gasteiger partial charge in [-0.15, -0.1) is 0 Å². The number of unbranched alkanes of at least 4 members (excludes halogenated alkanes) is 3. The van der Waals surface area contributed by atoms with Crippen LogP contribution in [-0.2, 0) is 14.3 Å². The molecule has 0 bridgehead atoms. The van der Waals surface area contributed by atoms with Crippen molar-refractivity contribution in [2.24, 2.45) is 0 Å². The summed E-state index contributed by atoms with van der Waals surface area (Å²) in [6.45, 7) is 2.42. The van der Waals surface area contributed by atoms with E-state index in [0.717, 1.165) is 37.8 Å². The van der Waals surface area contributed by atoms with Gasteiger partial charge in [-0.1, -0.05) is 61.0 Å². The summed E-state index contributed by atoms with van der Waals surface area (Å²) in [6.07, 6.45) is 5.94. The Kier molecular flexibility index (Phi) is 9.07. The molecule has 23 heavy (non-hydrogen) atoms. The average Bonchev–Trinajstić information content (AvgIpc) is 2.53. The topological polar surface area (TPSA) is 52.6 Å². The third-order valence-corrected chi connectivity index (χ3v) is 3.89. The van der Waals surface area contributed by atoms with Gasteiger partial charge < -0.3 is 9.47 Å². The van der Waals surface area contributed by atoms with E-state index in [2.05, 4.69) is 6.92 Å². The molecule has 0 amide bonds. The van der Waals surface area contributed by atoms with Crippen LogP contribution in [0.2, 0.25) is 15.1 Å². The molecule has 1 aromatic carbocycles. The first-order chi connectivity index (χ1) is 11.0. The van der Waals surface area contributed by atoms with E-state index in [9.17, 15) is 9.59 Å². The highest BCUT2D eigenvalue weighted by Crippen LogP contribution is 2.38. The molecule has 4 nitrogen and oxygen atoms in total. The Morgan fingerprint density at radius 2 is 1.65 bits per heavy atom. The van der Waals surface area contributed by atoms with Gasteiger partial charge in [0, 0.05) is 12.2 Å². The zero-order chi connectivity index (χ0) is 17.2. The van der Waals surface area contributed by atoms with E-state index in [-0.39, 0.29) is 20.8 Å². The second kappa shape index (κ2) is 10.5. The lowest BCUT2D eigenvalue weighted by Gasteiger charge is -2.07. The monoisotopic (exact) mass is 378 g/mol. The number of hydrogen-bond donors (Lipinski definition) is 0. The largest absolute Gasteiger partial charge is 0.463 e. The summed E-state index contributed by atoms with van der Waals surface area (Å²) in [4.78, 5) is 23.1. The van der Waals surface area contributed by atoms with Crippen molar-refractivity contribution in [2.75, 3.05) is 6.61 Å². The summed E-state index contributed by atoms with van der Waals surface area (Å²) in [5.41, 5.74) is 0. The predicted molar refractivity (Wildman–Crippen MR) is 91.3 cm³/mol. The van der Waals surface area contributed by atoms with Crippen LogP contribution in [0.4, 0.5) is 0 Å². The van der Waals surface area contributed by atoms with Gasteiger partial charge in [0.25, 0.3) is 0 Å². The van der Waals surface area contributed by atoms with Crippen molar-refractivity contribution in [2.45, 2.75) is 32.6 Å². The first-order valence-electron chi connectivity index (χ1n) is 7.15. The van der Waals surface area contributed by atoms with Gasteiger partial charge in [0.1, 0.15) is 5.02 Å². The lowest BCUT2D eigenvalue weighted by molar-refractivity contribution is -0.138. The Balaban J connectivity index is 2.47. The highest BCUT2D eigenvalue weighted by atomic mass is 35.5. The molecule has 0 aliphatic carbocycles.